The summed E-state index contributed by atoms with van der Waals surface area (Å²) in [6.45, 7) is 11.3. The highest BCUT2D eigenvalue weighted by Gasteiger charge is 2.13. The largest absolute Gasteiger partial charge is 0.379 e. The number of hydrogen-bond donors (Lipinski definition) is 3. The summed E-state index contributed by atoms with van der Waals surface area (Å²) in [5.74, 6) is 0.196. The molecule has 4 N–H and O–H groups in total. The second-order valence-corrected chi connectivity index (χ2v) is 6.23. The Kier molecular flexibility index (Phi) is 7.45. The SMILES string of the molecule is CC(C)(C)NC(=O)CN=C(N)NCCCN1CCOCC1. The number of amides is 1. The Morgan fingerprint density at radius 2 is 2.00 bits per heavy atom. The van der Waals surface area contributed by atoms with E-state index in [9.17, 15) is 4.79 Å². The van der Waals surface area contributed by atoms with Gasteiger partial charge in [0, 0.05) is 25.2 Å². The summed E-state index contributed by atoms with van der Waals surface area (Å²) in [7, 11) is 0. The first-order valence-electron chi connectivity index (χ1n) is 7.52. The molecule has 0 spiro atoms. The van der Waals surface area contributed by atoms with E-state index >= 15 is 0 Å². The van der Waals surface area contributed by atoms with E-state index in [0.717, 1.165) is 45.8 Å². The van der Waals surface area contributed by atoms with Crippen molar-refractivity contribution in [3.05, 3.63) is 0 Å². The minimum Gasteiger partial charge on any atom is -0.379 e. The van der Waals surface area contributed by atoms with Gasteiger partial charge in [0.05, 0.1) is 13.2 Å². The third kappa shape index (κ3) is 9.25. The van der Waals surface area contributed by atoms with E-state index in [1.54, 1.807) is 0 Å². The quantitative estimate of drug-likeness (QED) is 0.350. The molecule has 0 aliphatic carbocycles. The molecule has 1 rings (SSSR count). The summed E-state index contributed by atoms with van der Waals surface area (Å²) in [6, 6.07) is 0. The van der Waals surface area contributed by atoms with Gasteiger partial charge in [-0.2, -0.15) is 0 Å². The highest BCUT2D eigenvalue weighted by atomic mass is 16.5. The topological polar surface area (TPSA) is 92.0 Å². The summed E-state index contributed by atoms with van der Waals surface area (Å²) in [4.78, 5) is 18.0. The van der Waals surface area contributed by atoms with E-state index in [-0.39, 0.29) is 18.0 Å². The number of ether oxygens (including phenoxy) is 1. The van der Waals surface area contributed by atoms with Crippen LogP contribution in [0.25, 0.3) is 0 Å². The van der Waals surface area contributed by atoms with Crippen molar-refractivity contribution in [3.63, 3.8) is 0 Å². The van der Waals surface area contributed by atoms with E-state index in [4.69, 9.17) is 10.5 Å². The minimum absolute atomic E-state index is 0.0551. The van der Waals surface area contributed by atoms with Crippen LogP contribution >= 0.6 is 0 Å². The molecule has 1 aliphatic heterocycles. The van der Waals surface area contributed by atoms with Crippen molar-refractivity contribution in [2.24, 2.45) is 10.7 Å². The van der Waals surface area contributed by atoms with E-state index in [1.807, 2.05) is 20.8 Å². The summed E-state index contributed by atoms with van der Waals surface area (Å²) >= 11 is 0. The molecule has 1 fully saturated rings. The molecule has 1 saturated heterocycles. The van der Waals surface area contributed by atoms with E-state index < -0.39 is 0 Å². The van der Waals surface area contributed by atoms with Crippen molar-refractivity contribution in [3.8, 4) is 0 Å². The van der Waals surface area contributed by atoms with Gasteiger partial charge in [-0.1, -0.05) is 0 Å². The number of nitrogens with one attached hydrogen (secondary N) is 2. The zero-order valence-electron chi connectivity index (χ0n) is 13.4. The van der Waals surface area contributed by atoms with Crippen LogP contribution in [0.3, 0.4) is 0 Å². The number of nitrogens with zero attached hydrogens (tertiary/aromatic N) is 2. The Hall–Kier alpha value is -1.34. The number of guanidine groups is 1. The van der Waals surface area contributed by atoms with Crippen LogP contribution in [0.5, 0.6) is 0 Å². The molecule has 0 aromatic rings. The number of carbonyl (C=O) groups is 1. The molecule has 0 aromatic carbocycles. The zero-order chi connectivity index (χ0) is 15.7. The monoisotopic (exact) mass is 299 g/mol. The molecule has 0 radical (unpaired) electrons. The van der Waals surface area contributed by atoms with Gasteiger partial charge in [0.2, 0.25) is 5.91 Å². The van der Waals surface area contributed by atoms with Gasteiger partial charge in [0.15, 0.2) is 5.96 Å². The second-order valence-electron chi connectivity index (χ2n) is 6.23. The van der Waals surface area contributed by atoms with Gasteiger partial charge < -0.3 is 21.1 Å². The lowest BCUT2D eigenvalue weighted by molar-refractivity contribution is -0.121. The summed E-state index contributed by atoms with van der Waals surface area (Å²) in [6.07, 6.45) is 0.990. The van der Waals surface area contributed by atoms with Crippen LogP contribution in [-0.4, -0.2) is 68.2 Å². The molecule has 0 atom stereocenters. The Bertz CT molecular complexity index is 346. The normalized spacial score (nSPS) is 17.6. The zero-order valence-corrected chi connectivity index (χ0v) is 13.4. The fourth-order valence-electron chi connectivity index (χ4n) is 2.01. The highest BCUT2D eigenvalue weighted by molar-refractivity contribution is 5.84. The maximum absolute atomic E-state index is 11.6. The Labute approximate surface area is 127 Å². The fourth-order valence-corrected chi connectivity index (χ4v) is 2.01. The molecule has 0 saturated carbocycles. The number of rotatable bonds is 6. The standard InChI is InChI=1S/C14H29N5O2/c1-14(2,3)18-12(20)11-17-13(15)16-5-4-6-19-7-9-21-10-8-19/h4-11H2,1-3H3,(H,18,20)(H3,15,16,17). The van der Waals surface area contributed by atoms with Gasteiger partial charge >= 0.3 is 0 Å². The second kappa shape index (κ2) is 8.84. The van der Waals surface area contributed by atoms with Crippen LogP contribution in [0, 0.1) is 0 Å². The van der Waals surface area contributed by atoms with Crippen molar-refractivity contribution in [1.82, 2.24) is 15.5 Å². The summed E-state index contributed by atoms with van der Waals surface area (Å²) in [5, 5.41) is 5.87. The van der Waals surface area contributed by atoms with Crippen molar-refractivity contribution in [1.29, 1.82) is 0 Å². The molecule has 0 aromatic heterocycles. The van der Waals surface area contributed by atoms with E-state index in [2.05, 4.69) is 20.5 Å². The lowest BCUT2D eigenvalue weighted by atomic mass is 10.1. The van der Waals surface area contributed by atoms with Gasteiger partial charge in [-0.25, -0.2) is 4.99 Å². The summed E-state index contributed by atoms with van der Waals surface area (Å²) in [5.41, 5.74) is 5.49. The number of morpholine rings is 1. The molecule has 0 bridgehead atoms. The van der Waals surface area contributed by atoms with Crippen molar-refractivity contribution in [2.45, 2.75) is 32.7 Å². The first kappa shape index (κ1) is 17.7. The lowest BCUT2D eigenvalue weighted by Crippen LogP contribution is -2.42. The number of aliphatic imine (C=N–C) groups is 1. The first-order valence-corrected chi connectivity index (χ1v) is 7.52. The van der Waals surface area contributed by atoms with Crippen LogP contribution < -0.4 is 16.4 Å². The molecular formula is C14H29N5O2. The molecule has 7 nitrogen and oxygen atoms in total. The average molecular weight is 299 g/mol. The van der Waals surface area contributed by atoms with E-state index in [0.29, 0.717) is 5.96 Å². The fraction of sp³-hybridized carbons (Fsp3) is 0.857. The van der Waals surface area contributed by atoms with Crippen LogP contribution in [0.1, 0.15) is 27.2 Å². The van der Waals surface area contributed by atoms with Crippen LogP contribution in [0.4, 0.5) is 0 Å². The molecular weight excluding hydrogens is 270 g/mol. The molecule has 21 heavy (non-hydrogen) atoms. The smallest absolute Gasteiger partial charge is 0.242 e. The van der Waals surface area contributed by atoms with Crippen LogP contribution in [0.2, 0.25) is 0 Å². The third-order valence-electron chi connectivity index (χ3n) is 2.97. The Morgan fingerprint density at radius 3 is 2.62 bits per heavy atom. The van der Waals surface area contributed by atoms with Crippen LogP contribution in [0.15, 0.2) is 4.99 Å². The molecule has 122 valence electrons. The van der Waals surface area contributed by atoms with Crippen LogP contribution in [-0.2, 0) is 9.53 Å². The number of nitrogens with two attached hydrogens (primary N) is 1. The molecule has 1 amide bonds. The molecule has 1 heterocycles. The highest BCUT2D eigenvalue weighted by Crippen LogP contribution is 1.98. The summed E-state index contributed by atoms with van der Waals surface area (Å²) < 4.78 is 5.30. The Morgan fingerprint density at radius 1 is 1.33 bits per heavy atom. The lowest BCUT2D eigenvalue weighted by Gasteiger charge is -2.26. The maximum atomic E-state index is 11.6. The van der Waals surface area contributed by atoms with E-state index in [1.165, 1.54) is 0 Å². The van der Waals surface area contributed by atoms with Crippen molar-refractivity contribution >= 4 is 11.9 Å². The van der Waals surface area contributed by atoms with Crippen molar-refractivity contribution in [2.75, 3.05) is 45.9 Å². The molecule has 7 heteroatoms. The molecule has 0 unspecified atom stereocenters. The van der Waals surface area contributed by atoms with Gasteiger partial charge in [-0.3, -0.25) is 9.69 Å². The van der Waals surface area contributed by atoms with Gasteiger partial charge in [-0.15, -0.1) is 0 Å². The van der Waals surface area contributed by atoms with Crippen molar-refractivity contribution < 1.29 is 9.53 Å². The maximum Gasteiger partial charge on any atom is 0.242 e. The average Bonchev–Trinajstić information content (AvgIpc) is 2.41. The Balaban J connectivity index is 2.10. The number of hydrogen-bond acceptors (Lipinski definition) is 4. The minimum atomic E-state index is -0.243. The number of carbonyl (C=O) groups excluding carboxylic acids is 1. The van der Waals surface area contributed by atoms with Gasteiger partial charge in [-0.05, 0) is 33.7 Å². The first-order chi connectivity index (χ1) is 9.87. The van der Waals surface area contributed by atoms with Gasteiger partial charge in [0.1, 0.15) is 6.54 Å². The van der Waals surface area contributed by atoms with Gasteiger partial charge in [0.25, 0.3) is 0 Å². The third-order valence-corrected chi connectivity index (χ3v) is 2.97. The molecule has 1 aliphatic rings. The predicted octanol–water partition coefficient (Wildman–Crippen LogP) is -0.472. The predicted molar refractivity (Wildman–Crippen MR) is 84.3 cm³/mol.